The van der Waals surface area contributed by atoms with Crippen molar-refractivity contribution in [3.8, 4) is 11.1 Å². The number of benzene rings is 2. The quantitative estimate of drug-likeness (QED) is 0.800. The van der Waals surface area contributed by atoms with Gasteiger partial charge in [0.2, 0.25) is 0 Å². The molecule has 0 aliphatic carbocycles. The fourth-order valence-electron chi connectivity index (χ4n) is 1.80. The molecule has 0 spiro atoms. The number of carboxylic acids is 1. The van der Waals surface area contributed by atoms with Crippen LogP contribution in [0.3, 0.4) is 0 Å². The highest BCUT2D eigenvalue weighted by Gasteiger charge is 2.32. The van der Waals surface area contributed by atoms with Crippen molar-refractivity contribution in [2.45, 2.75) is 6.18 Å². The first-order valence-corrected chi connectivity index (χ1v) is 6.35. The third kappa shape index (κ3) is 3.31. The monoisotopic (exact) mass is 334 g/mol. The van der Waals surface area contributed by atoms with E-state index in [1.807, 2.05) is 0 Å². The molecule has 0 unspecified atom stereocenters. The molecule has 0 saturated heterocycles. The van der Waals surface area contributed by atoms with E-state index in [1.165, 1.54) is 18.2 Å². The van der Waals surface area contributed by atoms with Gasteiger partial charge in [0.15, 0.2) is 0 Å². The molecule has 0 amide bonds. The van der Waals surface area contributed by atoms with Gasteiger partial charge in [-0.25, -0.2) is 4.79 Å². The van der Waals surface area contributed by atoms with E-state index in [9.17, 15) is 18.0 Å². The Labute approximate surface area is 127 Å². The van der Waals surface area contributed by atoms with Crippen molar-refractivity contribution in [3.63, 3.8) is 0 Å². The van der Waals surface area contributed by atoms with E-state index in [0.29, 0.717) is 6.07 Å². The number of carboxylic acid groups (broad SMARTS) is 1. The molecule has 2 aromatic carbocycles. The average Bonchev–Trinajstić information content (AvgIpc) is 2.40. The van der Waals surface area contributed by atoms with Crippen LogP contribution in [0.1, 0.15) is 15.9 Å². The van der Waals surface area contributed by atoms with E-state index in [4.69, 9.17) is 28.3 Å². The lowest BCUT2D eigenvalue weighted by atomic mass is 9.99. The summed E-state index contributed by atoms with van der Waals surface area (Å²) in [6, 6.07) is 7.00. The summed E-state index contributed by atoms with van der Waals surface area (Å²) in [5.41, 5.74) is -1.27. The zero-order chi connectivity index (χ0) is 15.8. The van der Waals surface area contributed by atoms with Gasteiger partial charge in [0.25, 0.3) is 0 Å². The highest BCUT2D eigenvalue weighted by molar-refractivity contribution is 6.43. The summed E-state index contributed by atoms with van der Waals surface area (Å²) in [5, 5.41) is 9.18. The zero-order valence-corrected chi connectivity index (χ0v) is 11.7. The first-order valence-electron chi connectivity index (χ1n) is 5.60. The maximum absolute atomic E-state index is 12.9. The van der Waals surface area contributed by atoms with Gasteiger partial charge in [0, 0.05) is 5.56 Å². The lowest BCUT2D eigenvalue weighted by Crippen LogP contribution is -2.08. The predicted octanol–water partition coefficient (Wildman–Crippen LogP) is 5.38. The molecule has 2 aromatic rings. The molecular formula is C14H7Cl2F3O2. The smallest absolute Gasteiger partial charge is 0.416 e. The molecule has 1 N–H and O–H groups in total. The Balaban J connectivity index is 2.71. The third-order valence-electron chi connectivity index (χ3n) is 2.77. The largest absolute Gasteiger partial charge is 0.478 e. The zero-order valence-electron chi connectivity index (χ0n) is 10.2. The second-order valence-corrected chi connectivity index (χ2v) is 4.99. The van der Waals surface area contributed by atoms with Crippen molar-refractivity contribution in [1.29, 1.82) is 0 Å². The minimum Gasteiger partial charge on any atom is -0.478 e. The van der Waals surface area contributed by atoms with Crippen LogP contribution in [0.2, 0.25) is 10.0 Å². The van der Waals surface area contributed by atoms with E-state index in [1.54, 1.807) is 0 Å². The summed E-state index contributed by atoms with van der Waals surface area (Å²) in [4.78, 5) is 11.0. The predicted molar refractivity (Wildman–Crippen MR) is 73.9 cm³/mol. The van der Waals surface area contributed by atoms with Crippen molar-refractivity contribution in [2.75, 3.05) is 0 Å². The molecule has 2 nitrogen and oxygen atoms in total. The van der Waals surface area contributed by atoms with Crippen LogP contribution >= 0.6 is 23.2 Å². The summed E-state index contributed by atoms with van der Waals surface area (Å²) >= 11 is 11.8. The van der Waals surface area contributed by atoms with Crippen LogP contribution in [0, 0.1) is 0 Å². The van der Waals surface area contributed by atoms with Gasteiger partial charge in [-0.1, -0.05) is 35.3 Å². The Hall–Kier alpha value is -1.72. The lowest BCUT2D eigenvalue weighted by molar-refractivity contribution is -0.137. The molecule has 0 fully saturated rings. The van der Waals surface area contributed by atoms with Crippen molar-refractivity contribution in [2.24, 2.45) is 0 Å². The van der Waals surface area contributed by atoms with Crippen LogP contribution in [0.5, 0.6) is 0 Å². The molecule has 0 radical (unpaired) electrons. The summed E-state index contributed by atoms with van der Waals surface area (Å²) in [7, 11) is 0. The van der Waals surface area contributed by atoms with Gasteiger partial charge in [-0.3, -0.25) is 0 Å². The maximum Gasteiger partial charge on any atom is 0.416 e. The van der Waals surface area contributed by atoms with Crippen LogP contribution in [0.15, 0.2) is 36.4 Å². The molecule has 0 aromatic heterocycles. The first-order chi connectivity index (χ1) is 9.70. The Morgan fingerprint density at radius 3 is 2.33 bits per heavy atom. The van der Waals surface area contributed by atoms with Gasteiger partial charge in [-0.05, 0) is 29.8 Å². The first kappa shape index (κ1) is 15.7. The van der Waals surface area contributed by atoms with Crippen molar-refractivity contribution < 1.29 is 23.1 Å². The number of hydrogen-bond donors (Lipinski definition) is 1. The lowest BCUT2D eigenvalue weighted by Gasteiger charge is -2.12. The Kier molecular flexibility index (Phi) is 4.16. The average molecular weight is 335 g/mol. The second kappa shape index (κ2) is 5.58. The molecule has 7 heteroatoms. The topological polar surface area (TPSA) is 37.3 Å². The van der Waals surface area contributed by atoms with Gasteiger partial charge in [-0.15, -0.1) is 0 Å². The van der Waals surface area contributed by atoms with Gasteiger partial charge in [0.1, 0.15) is 0 Å². The molecule has 2 rings (SSSR count). The minimum atomic E-state index is -4.66. The fraction of sp³-hybridized carbons (Fsp3) is 0.0714. The molecule has 0 heterocycles. The number of rotatable bonds is 2. The van der Waals surface area contributed by atoms with Crippen LogP contribution in [0.25, 0.3) is 11.1 Å². The molecular weight excluding hydrogens is 328 g/mol. The maximum atomic E-state index is 12.9. The molecule has 0 atom stereocenters. The highest BCUT2D eigenvalue weighted by atomic mass is 35.5. The van der Waals surface area contributed by atoms with E-state index >= 15 is 0 Å². The van der Waals surface area contributed by atoms with Crippen LogP contribution < -0.4 is 0 Å². The highest BCUT2D eigenvalue weighted by Crippen LogP contribution is 2.37. The molecule has 0 aliphatic rings. The number of hydrogen-bond acceptors (Lipinski definition) is 1. The van der Waals surface area contributed by atoms with Gasteiger partial charge >= 0.3 is 12.1 Å². The number of carbonyl (C=O) groups is 1. The third-order valence-corrected chi connectivity index (χ3v) is 3.59. The number of aromatic carboxylic acids is 1. The Morgan fingerprint density at radius 1 is 1.10 bits per heavy atom. The molecule has 0 bridgehead atoms. The molecule has 110 valence electrons. The van der Waals surface area contributed by atoms with Crippen molar-refractivity contribution in [3.05, 3.63) is 57.6 Å². The fourth-order valence-corrected chi connectivity index (χ4v) is 2.21. The Morgan fingerprint density at radius 2 is 1.76 bits per heavy atom. The van der Waals surface area contributed by atoms with Crippen molar-refractivity contribution in [1.82, 2.24) is 0 Å². The van der Waals surface area contributed by atoms with Crippen LogP contribution in [-0.2, 0) is 6.18 Å². The van der Waals surface area contributed by atoms with Crippen molar-refractivity contribution >= 4 is 29.2 Å². The van der Waals surface area contributed by atoms with Gasteiger partial charge < -0.3 is 5.11 Å². The van der Waals surface area contributed by atoms with Gasteiger partial charge in [-0.2, -0.15) is 13.2 Å². The summed E-state index contributed by atoms with van der Waals surface area (Å²) < 4.78 is 38.6. The minimum absolute atomic E-state index is 0.0368. The molecule has 0 saturated carbocycles. The number of halogens is 5. The van der Waals surface area contributed by atoms with E-state index in [0.717, 1.165) is 12.1 Å². The van der Waals surface area contributed by atoms with Crippen LogP contribution in [-0.4, -0.2) is 11.1 Å². The van der Waals surface area contributed by atoms with Gasteiger partial charge in [0.05, 0.1) is 21.2 Å². The van der Waals surface area contributed by atoms with Crippen LogP contribution in [0.4, 0.5) is 13.2 Å². The summed E-state index contributed by atoms with van der Waals surface area (Å²) in [5.74, 6) is -1.46. The van der Waals surface area contributed by atoms with E-state index in [-0.39, 0.29) is 21.2 Å². The summed E-state index contributed by atoms with van der Waals surface area (Å²) in [6.45, 7) is 0. The molecule has 0 aliphatic heterocycles. The Bertz CT molecular complexity index is 712. The number of alkyl halides is 3. The van der Waals surface area contributed by atoms with E-state index in [2.05, 4.69) is 0 Å². The SMILES string of the molecule is O=C(O)c1cc(-c2cccc(Cl)c2Cl)cc(C(F)(F)F)c1. The normalized spacial score (nSPS) is 11.5. The molecule has 21 heavy (non-hydrogen) atoms. The second-order valence-electron chi connectivity index (χ2n) is 4.20. The summed E-state index contributed by atoms with van der Waals surface area (Å²) in [6.07, 6.45) is -4.66. The van der Waals surface area contributed by atoms with E-state index < -0.39 is 23.3 Å². The standard InChI is InChI=1S/C14H7Cl2F3O2/c15-11-3-1-2-10(12(11)16)7-4-8(13(20)21)6-9(5-7)14(17,18)19/h1-6H,(H,20,21).